The molecule has 3 unspecified atom stereocenters. The molecule has 0 aliphatic carbocycles. The SMILES string of the molecule is C=CCON=C(C(=O)NC1C(=O)N2C(C(=O)O)=C(C=CCCC(S[n+]3ccccc3)N(C)C)CS(=O)[C@@H]12)c1csc(NC=O)n1. The lowest BCUT2D eigenvalue weighted by atomic mass is 10.0. The van der Waals surface area contributed by atoms with E-state index in [4.69, 9.17) is 4.84 Å². The van der Waals surface area contributed by atoms with Gasteiger partial charge in [0.2, 0.25) is 6.41 Å². The standard InChI is InChI=1S/C28H31N7O7S3/c1-4-14-42-32-21(19-15-43-28(30-19)29-17-36)24(37)31-22-25(38)35-23(27(39)40)18(16-45(41)26(22)35)10-6-7-11-20(33(2)3)44-34-12-8-5-9-13-34/h4-6,8-10,12-13,15,17,20,22,26H,1,7,11,14,16H2,2-3H3,(H2-,29,30,31,36,37,39,40)/p+1/t20?,22?,26-,45?/m0/s1. The van der Waals surface area contributed by atoms with Gasteiger partial charge >= 0.3 is 5.97 Å². The van der Waals surface area contributed by atoms with Crippen LogP contribution in [0.1, 0.15) is 18.5 Å². The number of carboxylic acids is 1. The zero-order valence-corrected chi connectivity index (χ0v) is 26.8. The smallest absolute Gasteiger partial charge is 0.352 e. The number of hydrogen-bond acceptors (Lipinski definition) is 11. The summed E-state index contributed by atoms with van der Waals surface area (Å²) in [6.07, 6.45) is 10.5. The number of rotatable bonds is 16. The maximum atomic E-state index is 13.3. The van der Waals surface area contributed by atoms with Gasteiger partial charge in [-0.15, -0.1) is 15.3 Å². The lowest BCUT2D eigenvalue weighted by Gasteiger charge is -2.48. The van der Waals surface area contributed by atoms with Gasteiger partial charge in [0.15, 0.2) is 35.2 Å². The molecule has 0 bridgehead atoms. The summed E-state index contributed by atoms with van der Waals surface area (Å²) in [6.45, 7) is 3.50. The summed E-state index contributed by atoms with van der Waals surface area (Å²) < 4.78 is 15.3. The molecule has 2 aliphatic heterocycles. The second kappa shape index (κ2) is 15.7. The number of aliphatic carboxylic acids is 1. The van der Waals surface area contributed by atoms with Crippen LogP contribution in [0, 0.1) is 0 Å². The number of amides is 3. The van der Waals surface area contributed by atoms with Crippen LogP contribution in [0.3, 0.4) is 0 Å². The molecule has 14 nitrogen and oxygen atoms in total. The highest BCUT2D eigenvalue weighted by Gasteiger charge is 2.57. The van der Waals surface area contributed by atoms with E-state index < -0.39 is 40.0 Å². The Morgan fingerprint density at radius 1 is 1.38 bits per heavy atom. The minimum atomic E-state index is -1.72. The lowest BCUT2D eigenvalue weighted by Crippen LogP contribution is -2.74. The normalized spacial score (nSPS) is 20.4. The molecule has 1 fully saturated rings. The van der Waals surface area contributed by atoms with Crippen molar-refractivity contribution in [3.8, 4) is 0 Å². The van der Waals surface area contributed by atoms with Crippen LogP contribution < -0.4 is 14.6 Å². The van der Waals surface area contributed by atoms with Crippen molar-refractivity contribution in [3.05, 3.63) is 77.7 Å². The summed E-state index contributed by atoms with van der Waals surface area (Å²) in [7, 11) is 2.24. The number of anilines is 1. The average Bonchev–Trinajstić information content (AvgIpc) is 3.47. The minimum absolute atomic E-state index is 0.0210. The summed E-state index contributed by atoms with van der Waals surface area (Å²) in [5.74, 6) is -3.03. The van der Waals surface area contributed by atoms with Crippen LogP contribution in [0.15, 0.2) is 77.2 Å². The van der Waals surface area contributed by atoms with Gasteiger partial charge in [0.1, 0.15) is 34.8 Å². The number of nitrogens with zero attached hydrogens (tertiary/aromatic N) is 5. The third kappa shape index (κ3) is 8.10. The zero-order chi connectivity index (χ0) is 32.5. The van der Waals surface area contributed by atoms with Crippen molar-refractivity contribution >= 4 is 69.1 Å². The molecule has 238 valence electrons. The monoisotopic (exact) mass is 674 g/mol. The average molecular weight is 675 g/mol. The van der Waals surface area contributed by atoms with Crippen LogP contribution >= 0.6 is 23.3 Å². The molecule has 0 spiro atoms. The summed E-state index contributed by atoms with van der Waals surface area (Å²) in [6, 6.07) is 4.57. The molecular weight excluding hydrogens is 643 g/mol. The second-order valence-electron chi connectivity index (χ2n) is 9.82. The molecule has 2 aromatic heterocycles. The van der Waals surface area contributed by atoms with E-state index in [1.54, 1.807) is 18.0 Å². The fraction of sp³-hybridized carbons (Fsp3) is 0.321. The number of pyridine rings is 1. The van der Waals surface area contributed by atoms with Gasteiger partial charge < -0.3 is 20.6 Å². The van der Waals surface area contributed by atoms with Gasteiger partial charge in [0, 0.05) is 17.5 Å². The molecule has 2 aromatic rings. The molecule has 45 heavy (non-hydrogen) atoms. The molecule has 3 amide bonds. The number of oxime groups is 1. The van der Waals surface area contributed by atoms with Gasteiger partial charge in [-0.3, -0.25) is 28.4 Å². The Kier molecular flexibility index (Phi) is 11.8. The maximum absolute atomic E-state index is 13.3. The molecule has 4 rings (SSSR count). The highest BCUT2D eigenvalue weighted by atomic mass is 32.2. The van der Waals surface area contributed by atoms with Crippen LogP contribution in [-0.4, -0.2) is 97.2 Å². The van der Waals surface area contributed by atoms with Gasteiger partial charge in [-0.05, 0) is 32.5 Å². The van der Waals surface area contributed by atoms with E-state index in [1.165, 1.54) is 11.5 Å². The predicted octanol–water partition coefficient (Wildman–Crippen LogP) is 1.08. The first-order chi connectivity index (χ1) is 21.7. The van der Waals surface area contributed by atoms with Gasteiger partial charge in [0.25, 0.3) is 11.8 Å². The molecule has 0 saturated carbocycles. The Balaban J connectivity index is 1.47. The first-order valence-corrected chi connectivity index (χ1v) is 16.7. The molecule has 2 aliphatic rings. The van der Waals surface area contributed by atoms with Gasteiger partial charge in [-0.25, -0.2) is 9.78 Å². The van der Waals surface area contributed by atoms with E-state index in [9.17, 15) is 28.5 Å². The fourth-order valence-electron chi connectivity index (χ4n) is 4.46. The van der Waals surface area contributed by atoms with E-state index in [-0.39, 0.29) is 45.5 Å². The lowest BCUT2D eigenvalue weighted by molar-refractivity contribution is -0.495. The molecule has 3 N–H and O–H groups in total. The van der Waals surface area contributed by atoms with Crippen molar-refractivity contribution in [2.24, 2.45) is 5.16 Å². The predicted molar refractivity (Wildman–Crippen MR) is 170 cm³/mol. The number of hydrogen-bond donors (Lipinski definition) is 3. The first-order valence-electron chi connectivity index (χ1n) is 13.6. The molecule has 4 atom stereocenters. The van der Waals surface area contributed by atoms with Gasteiger partial charge in [-0.2, -0.15) is 0 Å². The number of nitrogens with one attached hydrogen (secondary N) is 2. The number of carbonyl (C=O) groups excluding carboxylic acids is 3. The minimum Gasteiger partial charge on any atom is -0.477 e. The second-order valence-corrected chi connectivity index (χ2v) is 13.4. The van der Waals surface area contributed by atoms with Crippen LogP contribution in [0.25, 0.3) is 0 Å². The van der Waals surface area contributed by atoms with Crippen LogP contribution in [-0.2, 0) is 34.8 Å². The van der Waals surface area contributed by atoms with Crippen molar-refractivity contribution in [1.82, 2.24) is 20.1 Å². The van der Waals surface area contributed by atoms with Crippen molar-refractivity contribution in [3.63, 3.8) is 0 Å². The molecule has 0 aromatic carbocycles. The van der Waals surface area contributed by atoms with Crippen molar-refractivity contribution in [2.45, 2.75) is 29.6 Å². The summed E-state index contributed by atoms with van der Waals surface area (Å²) in [5, 5.41) is 19.4. The summed E-state index contributed by atoms with van der Waals surface area (Å²) in [5.41, 5.74) is -0.232. The van der Waals surface area contributed by atoms with E-state index >= 15 is 0 Å². The van der Waals surface area contributed by atoms with Crippen molar-refractivity contribution in [2.75, 3.05) is 31.8 Å². The van der Waals surface area contributed by atoms with Crippen molar-refractivity contribution < 1.29 is 37.3 Å². The van der Waals surface area contributed by atoms with E-state index in [0.717, 1.165) is 22.7 Å². The van der Waals surface area contributed by atoms with Crippen LogP contribution in [0.4, 0.5) is 5.13 Å². The number of carboxylic acid groups (broad SMARTS) is 1. The molecule has 4 heterocycles. The zero-order valence-electron chi connectivity index (χ0n) is 24.4. The molecule has 0 radical (unpaired) electrons. The maximum Gasteiger partial charge on any atom is 0.352 e. The Hall–Kier alpha value is -4.19. The quantitative estimate of drug-likeness (QED) is 0.0342. The topological polar surface area (TPSA) is 174 Å². The number of fused-ring (bicyclic) bond motifs is 1. The van der Waals surface area contributed by atoms with Crippen LogP contribution in [0.2, 0.25) is 0 Å². The number of carbonyl (C=O) groups is 4. The van der Waals surface area contributed by atoms with Gasteiger partial charge in [-0.1, -0.05) is 36.0 Å². The molecule has 17 heteroatoms. The Labute approximate surface area is 270 Å². The largest absolute Gasteiger partial charge is 0.477 e. The Bertz CT molecular complexity index is 1560. The van der Waals surface area contributed by atoms with Crippen LogP contribution in [0.5, 0.6) is 0 Å². The first kappa shape index (κ1) is 33.7. The Morgan fingerprint density at radius 3 is 2.80 bits per heavy atom. The summed E-state index contributed by atoms with van der Waals surface area (Å²) >= 11 is 2.67. The molecule has 1 saturated heterocycles. The number of allylic oxidation sites excluding steroid dienone is 2. The highest BCUT2D eigenvalue weighted by Crippen LogP contribution is 2.35. The number of β-lactam (4-membered cyclic amide) rings is 1. The van der Waals surface area contributed by atoms with Crippen molar-refractivity contribution in [1.29, 1.82) is 0 Å². The molecular formula is C28H32N7O7S3+. The Morgan fingerprint density at radius 2 is 2.13 bits per heavy atom. The summed E-state index contributed by atoms with van der Waals surface area (Å²) in [4.78, 5) is 61.7. The highest BCUT2D eigenvalue weighted by molar-refractivity contribution is 7.93. The van der Waals surface area contributed by atoms with E-state index in [2.05, 4.69) is 32.3 Å². The third-order valence-electron chi connectivity index (χ3n) is 6.54. The van der Waals surface area contributed by atoms with Gasteiger partial charge in [0.05, 0.1) is 16.6 Å². The third-order valence-corrected chi connectivity index (χ3v) is 10.3. The van der Waals surface area contributed by atoms with E-state index in [0.29, 0.717) is 12.8 Å². The number of aromatic nitrogens is 2. The fourth-order valence-corrected chi connectivity index (χ4v) is 7.75. The number of thiazole rings is 1. The van der Waals surface area contributed by atoms with E-state index in [1.807, 2.05) is 54.7 Å².